The number of hydrogen-bond acceptors (Lipinski definition) is 6. The van der Waals surface area contributed by atoms with Crippen LogP contribution in [0.3, 0.4) is 0 Å². The maximum absolute atomic E-state index is 13.2. The molecule has 0 N–H and O–H groups in total. The molecule has 0 aromatic heterocycles. The Kier molecular flexibility index (Phi) is 6.02. The summed E-state index contributed by atoms with van der Waals surface area (Å²) in [5.41, 5.74) is 2.34. The molecular formula is C26H27N3O4S. The summed E-state index contributed by atoms with van der Waals surface area (Å²) < 4.78 is 39.8. The molecule has 176 valence electrons. The summed E-state index contributed by atoms with van der Waals surface area (Å²) in [6.45, 7) is 3.38. The molecule has 2 aliphatic heterocycles. The van der Waals surface area contributed by atoms with Gasteiger partial charge in [0.25, 0.3) is 0 Å². The lowest BCUT2D eigenvalue weighted by Gasteiger charge is -2.40. The number of methoxy groups -OCH3 is 1. The molecule has 5 rings (SSSR count). The van der Waals surface area contributed by atoms with Crippen LogP contribution in [0, 0.1) is 0 Å². The first-order valence-electron chi connectivity index (χ1n) is 11.3. The van der Waals surface area contributed by atoms with Gasteiger partial charge >= 0.3 is 0 Å². The molecule has 8 heteroatoms. The van der Waals surface area contributed by atoms with Crippen LogP contribution in [-0.4, -0.2) is 56.2 Å². The van der Waals surface area contributed by atoms with E-state index in [-0.39, 0.29) is 11.8 Å². The van der Waals surface area contributed by atoms with Crippen molar-refractivity contribution in [3.63, 3.8) is 0 Å². The first kappa shape index (κ1) is 22.4. The van der Waals surface area contributed by atoms with Gasteiger partial charge in [0.2, 0.25) is 10.0 Å². The van der Waals surface area contributed by atoms with Crippen molar-refractivity contribution < 1.29 is 17.9 Å². The Morgan fingerprint density at radius 2 is 1.76 bits per heavy atom. The second-order valence-electron chi connectivity index (χ2n) is 8.49. The second-order valence-corrected chi connectivity index (χ2v) is 10.4. The smallest absolute Gasteiger partial charge is 0.218 e. The summed E-state index contributed by atoms with van der Waals surface area (Å²) in [5.74, 6) is 2.64. The van der Waals surface area contributed by atoms with Crippen LogP contribution in [0.2, 0.25) is 0 Å². The maximum atomic E-state index is 13.2. The van der Waals surface area contributed by atoms with Crippen LogP contribution in [0.5, 0.6) is 17.2 Å². The summed E-state index contributed by atoms with van der Waals surface area (Å²) in [6.07, 6.45) is 0. The van der Waals surface area contributed by atoms with Gasteiger partial charge in [0.15, 0.2) is 17.2 Å². The second kappa shape index (κ2) is 9.12. The number of nitrogens with zero attached hydrogens (tertiary/aromatic N) is 3. The minimum absolute atomic E-state index is 0.000371. The van der Waals surface area contributed by atoms with E-state index in [1.54, 1.807) is 11.4 Å². The van der Waals surface area contributed by atoms with Crippen molar-refractivity contribution >= 4 is 21.5 Å². The zero-order chi connectivity index (χ0) is 23.7. The van der Waals surface area contributed by atoms with Gasteiger partial charge in [-0.1, -0.05) is 48.5 Å². The molecule has 1 saturated heterocycles. The number of rotatable bonds is 4. The van der Waals surface area contributed by atoms with E-state index in [0.29, 0.717) is 36.9 Å². The van der Waals surface area contributed by atoms with Gasteiger partial charge in [-0.15, -0.1) is 0 Å². The van der Waals surface area contributed by atoms with Crippen LogP contribution in [0.25, 0.3) is 0 Å². The maximum Gasteiger partial charge on any atom is 0.218 e. The Morgan fingerprint density at radius 1 is 1.00 bits per heavy atom. The predicted octanol–water partition coefficient (Wildman–Crippen LogP) is 4.42. The predicted molar refractivity (Wildman–Crippen MR) is 133 cm³/mol. The van der Waals surface area contributed by atoms with Gasteiger partial charge in [-0.3, -0.25) is 0 Å². The molecule has 0 spiro atoms. The SMILES string of the molecule is COc1cccc2c1Oc1ccccc1N=C2N1CCN(S(=O)(=O)Cc2ccccc2)C(C)C1. The van der Waals surface area contributed by atoms with Crippen molar-refractivity contribution in [1.82, 2.24) is 9.21 Å². The highest BCUT2D eigenvalue weighted by Crippen LogP contribution is 2.42. The van der Waals surface area contributed by atoms with Crippen LogP contribution in [0.15, 0.2) is 77.8 Å². The molecule has 2 heterocycles. The first-order valence-corrected chi connectivity index (χ1v) is 12.9. The van der Waals surface area contributed by atoms with E-state index in [1.165, 1.54) is 0 Å². The molecule has 1 unspecified atom stereocenters. The number of para-hydroxylation sites is 3. The number of piperazine rings is 1. The molecule has 0 bridgehead atoms. The topological polar surface area (TPSA) is 71.4 Å². The summed E-state index contributed by atoms with van der Waals surface area (Å²) >= 11 is 0. The Morgan fingerprint density at radius 3 is 2.53 bits per heavy atom. The van der Waals surface area contributed by atoms with Crippen molar-refractivity contribution in [3.05, 3.63) is 83.9 Å². The summed E-state index contributed by atoms with van der Waals surface area (Å²) in [7, 11) is -1.83. The van der Waals surface area contributed by atoms with E-state index < -0.39 is 10.0 Å². The van der Waals surface area contributed by atoms with Crippen molar-refractivity contribution in [2.24, 2.45) is 4.99 Å². The third kappa shape index (κ3) is 4.26. The molecule has 0 radical (unpaired) electrons. The lowest BCUT2D eigenvalue weighted by atomic mass is 10.1. The molecule has 0 aliphatic carbocycles. The molecule has 1 fully saturated rings. The molecule has 1 atom stereocenters. The van der Waals surface area contributed by atoms with Gasteiger partial charge in [-0.25, -0.2) is 13.4 Å². The Bertz CT molecular complexity index is 1320. The van der Waals surface area contributed by atoms with Gasteiger partial charge in [-0.2, -0.15) is 4.31 Å². The lowest BCUT2D eigenvalue weighted by molar-refractivity contribution is 0.205. The number of benzene rings is 3. The fraction of sp³-hybridized carbons (Fsp3) is 0.269. The third-order valence-corrected chi connectivity index (χ3v) is 8.11. The zero-order valence-corrected chi connectivity index (χ0v) is 20.0. The van der Waals surface area contributed by atoms with Crippen LogP contribution >= 0.6 is 0 Å². The van der Waals surface area contributed by atoms with Crippen molar-refractivity contribution in [2.45, 2.75) is 18.7 Å². The van der Waals surface area contributed by atoms with Crippen LogP contribution in [-0.2, 0) is 15.8 Å². The molecule has 2 aliphatic rings. The minimum atomic E-state index is -3.44. The fourth-order valence-electron chi connectivity index (χ4n) is 4.53. The molecule has 0 saturated carbocycles. The fourth-order valence-corrected chi connectivity index (χ4v) is 6.29. The third-order valence-electron chi connectivity index (χ3n) is 6.16. The highest BCUT2D eigenvalue weighted by atomic mass is 32.2. The van der Waals surface area contributed by atoms with Gasteiger partial charge in [0.05, 0.1) is 18.4 Å². The van der Waals surface area contributed by atoms with Gasteiger partial charge < -0.3 is 14.4 Å². The van der Waals surface area contributed by atoms with Gasteiger partial charge in [0.1, 0.15) is 11.5 Å². The lowest BCUT2D eigenvalue weighted by Crippen LogP contribution is -2.55. The number of fused-ring (bicyclic) bond motifs is 2. The van der Waals surface area contributed by atoms with E-state index in [4.69, 9.17) is 14.5 Å². The zero-order valence-electron chi connectivity index (χ0n) is 19.2. The molecule has 7 nitrogen and oxygen atoms in total. The quantitative estimate of drug-likeness (QED) is 0.557. The van der Waals surface area contributed by atoms with Crippen molar-refractivity contribution in [1.29, 1.82) is 0 Å². The van der Waals surface area contributed by atoms with E-state index in [9.17, 15) is 8.42 Å². The normalized spacial score (nSPS) is 18.2. The van der Waals surface area contributed by atoms with E-state index >= 15 is 0 Å². The number of sulfonamides is 1. The number of ether oxygens (including phenoxy) is 2. The Balaban J connectivity index is 1.45. The van der Waals surface area contributed by atoms with E-state index in [2.05, 4.69) is 4.90 Å². The first-order chi connectivity index (χ1) is 16.5. The average molecular weight is 478 g/mol. The molecule has 3 aromatic rings. The van der Waals surface area contributed by atoms with Crippen LogP contribution in [0.4, 0.5) is 5.69 Å². The number of hydrogen-bond donors (Lipinski definition) is 0. The van der Waals surface area contributed by atoms with E-state index in [0.717, 1.165) is 22.6 Å². The Labute approximate surface area is 200 Å². The number of amidine groups is 1. The highest BCUT2D eigenvalue weighted by molar-refractivity contribution is 7.88. The Hall–Kier alpha value is -3.36. The largest absolute Gasteiger partial charge is 0.493 e. The molecule has 0 amide bonds. The number of aliphatic imine (C=N–C) groups is 1. The van der Waals surface area contributed by atoms with E-state index in [1.807, 2.05) is 79.7 Å². The van der Waals surface area contributed by atoms with Crippen molar-refractivity contribution in [2.75, 3.05) is 26.7 Å². The van der Waals surface area contributed by atoms with Crippen molar-refractivity contribution in [3.8, 4) is 17.2 Å². The molecule has 34 heavy (non-hydrogen) atoms. The average Bonchev–Trinajstić information content (AvgIpc) is 3.01. The molecule has 3 aromatic carbocycles. The minimum Gasteiger partial charge on any atom is -0.493 e. The summed E-state index contributed by atoms with van der Waals surface area (Å²) in [6, 6.07) is 22.5. The van der Waals surface area contributed by atoms with Crippen LogP contribution < -0.4 is 9.47 Å². The van der Waals surface area contributed by atoms with Gasteiger partial charge in [-0.05, 0) is 36.8 Å². The molecular weight excluding hydrogens is 450 g/mol. The summed E-state index contributed by atoms with van der Waals surface area (Å²) in [4.78, 5) is 7.10. The summed E-state index contributed by atoms with van der Waals surface area (Å²) in [5, 5.41) is 0. The van der Waals surface area contributed by atoms with Crippen LogP contribution in [0.1, 0.15) is 18.1 Å². The highest BCUT2D eigenvalue weighted by Gasteiger charge is 2.35. The van der Waals surface area contributed by atoms with Gasteiger partial charge in [0, 0.05) is 25.7 Å². The standard InChI is InChI=1S/C26H27N3O4S/c1-19-17-28(15-16-29(19)34(30,31)18-20-9-4-3-5-10-20)26-21-11-8-14-24(32-2)25(21)33-23-13-7-6-12-22(23)27-26/h3-14,19H,15-18H2,1-2H3. The monoisotopic (exact) mass is 477 g/mol.